The van der Waals surface area contributed by atoms with Crippen LogP contribution >= 0.6 is 22.7 Å². The van der Waals surface area contributed by atoms with Gasteiger partial charge >= 0.3 is 0 Å². The van der Waals surface area contributed by atoms with E-state index in [0.29, 0.717) is 13.1 Å². The third-order valence-electron chi connectivity index (χ3n) is 11.6. The van der Waals surface area contributed by atoms with Crippen LogP contribution in [0.1, 0.15) is 77.1 Å². The molecule has 2 aliphatic heterocycles. The van der Waals surface area contributed by atoms with Gasteiger partial charge in [0, 0.05) is 48.0 Å². The molecular formula is C44H48N10O2S2. The van der Waals surface area contributed by atoms with Crippen molar-refractivity contribution in [2.75, 3.05) is 23.7 Å². The molecule has 2 fully saturated rings. The van der Waals surface area contributed by atoms with Gasteiger partial charge in [-0.25, -0.2) is 19.9 Å². The fraction of sp³-hybridized carbons (Fsp3) is 0.364. The predicted molar refractivity (Wildman–Crippen MR) is 233 cm³/mol. The Bertz CT molecular complexity index is 2540. The number of carbonyl (C=O) groups excluding carboxylic acids is 2. The van der Waals surface area contributed by atoms with Crippen LogP contribution in [0.4, 0.5) is 10.3 Å². The highest BCUT2D eigenvalue weighted by Crippen LogP contribution is 2.36. The van der Waals surface area contributed by atoms with Crippen LogP contribution in [-0.2, 0) is 9.59 Å². The maximum absolute atomic E-state index is 13.9. The monoisotopic (exact) mass is 812 g/mol. The molecule has 2 saturated heterocycles. The van der Waals surface area contributed by atoms with Gasteiger partial charge in [0.25, 0.3) is 0 Å². The summed E-state index contributed by atoms with van der Waals surface area (Å²) in [5.41, 5.74) is 5.91. The number of nitrogens with one attached hydrogen (secondary N) is 4. The topological polar surface area (TPSA) is 148 Å². The smallest absolute Gasteiger partial charge is 0.246 e. The van der Waals surface area contributed by atoms with Crippen LogP contribution in [0, 0.1) is 11.8 Å². The second-order valence-corrected chi connectivity index (χ2v) is 17.9. The average Bonchev–Trinajstić information content (AvgIpc) is 4.08. The Morgan fingerprint density at radius 2 is 1.26 bits per heavy atom. The molecule has 298 valence electrons. The van der Waals surface area contributed by atoms with E-state index >= 15 is 0 Å². The number of nitrogens with zero attached hydrogens (tertiary/aromatic N) is 6. The Balaban J connectivity index is 0.905. The molecule has 4 atom stereocenters. The molecule has 0 unspecified atom stereocenters. The van der Waals surface area contributed by atoms with Gasteiger partial charge in [-0.3, -0.25) is 9.59 Å². The minimum Gasteiger partial charge on any atom is -0.350 e. The van der Waals surface area contributed by atoms with Gasteiger partial charge in [-0.1, -0.05) is 58.0 Å². The lowest BCUT2D eigenvalue weighted by Gasteiger charge is -2.30. The van der Waals surface area contributed by atoms with E-state index in [-0.39, 0.29) is 47.8 Å². The third-order valence-corrected chi connectivity index (χ3v) is 13.0. The molecule has 0 radical (unpaired) electrons. The van der Waals surface area contributed by atoms with Crippen molar-refractivity contribution in [2.45, 2.75) is 77.5 Å². The number of hydrogen-bond donors (Lipinski definition) is 4. The molecule has 2 aliphatic rings. The summed E-state index contributed by atoms with van der Waals surface area (Å²) in [4.78, 5) is 57.5. The summed E-state index contributed by atoms with van der Waals surface area (Å²) < 4.78 is 0. The Labute approximate surface area is 345 Å². The van der Waals surface area contributed by atoms with Crippen LogP contribution in [0.5, 0.6) is 0 Å². The van der Waals surface area contributed by atoms with Crippen LogP contribution in [-0.4, -0.2) is 76.7 Å². The standard InChI is InChI=1S/C44H48N10O2S2/c1-25(2)37(51-43-45-15-19-57-43)41(55)53-17-5-7-35(53)39-47-24-34(50-39)31-12-11-27-21-28(9-10-29(27)22-31)30-13-14-32-33(23-30)49-40(48-32)36-8-6-18-54(36)42(56)38(26(3)4)52-44-46-16-20-58-44/h9-16,19-26,35-38H,5-8,17-18H2,1-4H3,(H,45,51)(H,46,52)(H,47,50)(H,48,49)/t35-,36-,37-,38-/m0/s1. The van der Waals surface area contributed by atoms with E-state index in [4.69, 9.17) is 9.97 Å². The van der Waals surface area contributed by atoms with E-state index in [1.807, 2.05) is 26.8 Å². The quantitative estimate of drug-likeness (QED) is 0.0955. The molecular weight excluding hydrogens is 765 g/mol. The molecule has 4 N–H and O–H groups in total. The lowest BCUT2D eigenvalue weighted by molar-refractivity contribution is -0.134. The van der Waals surface area contributed by atoms with Crippen LogP contribution in [0.2, 0.25) is 0 Å². The van der Waals surface area contributed by atoms with E-state index in [9.17, 15) is 9.59 Å². The number of benzene rings is 3. The first-order chi connectivity index (χ1) is 28.2. The zero-order valence-electron chi connectivity index (χ0n) is 33.1. The minimum atomic E-state index is -0.357. The highest BCUT2D eigenvalue weighted by Gasteiger charge is 2.38. The number of H-pyrrole nitrogens is 2. The summed E-state index contributed by atoms with van der Waals surface area (Å²) >= 11 is 3.01. The summed E-state index contributed by atoms with van der Waals surface area (Å²) in [6.07, 6.45) is 9.08. The number of anilines is 2. The number of aromatic amines is 2. The van der Waals surface area contributed by atoms with Gasteiger partial charge in [0.15, 0.2) is 10.3 Å². The molecule has 0 spiro atoms. The summed E-state index contributed by atoms with van der Waals surface area (Å²) in [6, 6.07) is 18.4. The molecule has 0 bridgehead atoms. The highest BCUT2D eigenvalue weighted by atomic mass is 32.1. The predicted octanol–water partition coefficient (Wildman–Crippen LogP) is 9.29. The lowest BCUT2D eigenvalue weighted by Crippen LogP contribution is -2.45. The first-order valence-electron chi connectivity index (χ1n) is 20.2. The van der Waals surface area contributed by atoms with E-state index in [1.54, 1.807) is 12.4 Å². The lowest BCUT2D eigenvalue weighted by atomic mass is 9.99. The van der Waals surface area contributed by atoms with Crippen LogP contribution in [0.15, 0.2) is 83.9 Å². The van der Waals surface area contributed by atoms with Gasteiger partial charge in [0.05, 0.1) is 28.8 Å². The fourth-order valence-corrected chi connectivity index (χ4v) is 9.61. The van der Waals surface area contributed by atoms with Crippen LogP contribution in [0.3, 0.4) is 0 Å². The number of aromatic nitrogens is 6. The summed E-state index contributed by atoms with van der Waals surface area (Å²) in [7, 11) is 0. The van der Waals surface area contributed by atoms with Crippen LogP contribution < -0.4 is 10.6 Å². The van der Waals surface area contributed by atoms with Gasteiger partial charge in [-0.15, -0.1) is 22.7 Å². The maximum Gasteiger partial charge on any atom is 0.246 e. The van der Waals surface area contributed by atoms with Crippen molar-refractivity contribution in [1.29, 1.82) is 0 Å². The Morgan fingerprint density at radius 1 is 0.707 bits per heavy atom. The zero-order valence-corrected chi connectivity index (χ0v) is 34.7. The Kier molecular flexibility index (Phi) is 10.5. The van der Waals surface area contributed by atoms with Crippen molar-refractivity contribution in [3.8, 4) is 22.4 Å². The second-order valence-electron chi connectivity index (χ2n) is 16.1. The van der Waals surface area contributed by atoms with Gasteiger partial charge in [0.2, 0.25) is 11.8 Å². The number of fused-ring (bicyclic) bond motifs is 2. The zero-order chi connectivity index (χ0) is 39.9. The van der Waals surface area contributed by atoms with E-state index in [0.717, 1.165) is 91.8 Å². The Morgan fingerprint density at radius 3 is 1.84 bits per heavy atom. The molecule has 0 aliphatic carbocycles. The van der Waals surface area contributed by atoms with Crippen molar-refractivity contribution in [3.05, 3.63) is 95.6 Å². The van der Waals surface area contributed by atoms with Crippen molar-refractivity contribution in [2.24, 2.45) is 11.8 Å². The fourth-order valence-electron chi connectivity index (χ4n) is 8.47. The molecule has 14 heteroatoms. The summed E-state index contributed by atoms with van der Waals surface area (Å²) in [5, 5.41) is 14.4. The second kappa shape index (κ2) is 16.0. The van der Waals surface area contributed by atoms with Crippen molar-refractivity contribution in [1.82, 2.24) is 39.7 Å². The van der Waals surface area contributed by atoms with Gasteiger partial charge < -0.3 is 30.4 Å². The van der Waals surface area contributed by atoms with Gasteiger partial charge in [-0.2, -0.15) is 0 Å². The number of hydrogen-bond acceptors (Lipinski definition) is 10. The van der Waals surface area contributed by atoms with E-state index in [2.05, 4.69) is 113 Å². The number of likely N-dealkylation sites (tertiary alicyclic amines) is 2. The maximum atomic E-state index is 13.9. The number of thiazole rings is 2. The number of amides is 2. The minimum absolute atomic E-state index is 0.0858. The third kappa shape index (κ3) is 7.46. The normalized spacial score (nSPS) is 18.2. The first-order valence-corrected chi connectivity index (χ1v) is 22.0. The molecule has 3 aromatic carbocycles. The summed E-state index contributed by atoms with van der Waals surface area (Å²) in [5.74, 6) is 2.04. The van der Waals surface area contributed by atoms with E-state index < -0.39 is 0 Å². The SMILES string of the molecule is CC(C)[C@H](Nc1nccs1)C(=O)N1CCC[C@H]1c1nc(-c2ccc3cc(-c4ccc5[nH]c([C@@H]6CCCN6C(=O)[C@@H](Nc6nccs6)C(C)C)nc5c4)ccc3c2)c[nH]1. The molecule has 0 saturated carbocycles. The van der Waals surface area contributed by atoms with Crippen molar-refractivity contribution < 1.29 is 9.59 Å². The van der Waals surface area contributed by atoms with Crippen molar-refractivity contribution in [3.63, 3.8) is 0 Å². The number of rotatable bonds is 12. The molecule has 4 aromatic heterocycles. The van der Waals surface area contributed by atoms with E-state index in [1.165, 1.54) is 22.7 Å². The Hall–Kier alpha value is -5.60. The van der Waals surface area contributed by atoms with Gasteiger partial charge in [0.1, 0.15) is 23.7 Å². The molecule has 12 nitrogen and oxygen atoms in total. The first kappa shape index (κ1) is 37.9. The van der Waals surface area contributed by atoms with Gasteiger partial charge in [-0.05, 0) is 83.7 Å². The molecule has 7 aromatic rings. The summed E-state index contributed by atoms with van der Waals surface area (Å²) in [6.45, 7) is 9.69. The average molecular weight is 813 g/mol. The number of imidazole rings is 2. The van der Waals surface area contributed by atoms with Crippen molar-refractivity contribution >= 4 is 66.6 Å². The largest absolute Gasteiger partial charge is 0.350 e. The van der Waals surface area contributed by atoms with Crippen LogP contribution in [0.25, 0.3) is 44.2 Å². The molecule has 6 heterocycles. The highest BCUT2D eigenvalue weighted by molar-refractivity contribution is 7.13. The molecule has 2 amide bonds. The molecule has 58 heavy (non-hydrogen) atoms. The molecule has 9 rings (SSSR count). The number of carbonyl (C=O) groups is 2.